The summed E-state index contributed by atoms with van der Waals surface area (Å²) in [6.07, 6.45) is 1.68. The summed E-state index contributed by atoms with van der Waals surface area (Å²) in [6, 6.07) is 7.20. The Hall–Kier alpha value is -1.99. The molecule has 26 heavy (non-hydrogen) atoms. The van der Waals surface area contributed by atoms with Gasteiger partial charge in [0.05, 0.1) is 27.5 Å². The Morgan fingerprint density at radius 2 is 2.08 bits per heavy atom. The Labute approximate surface area is 156 Å². The minimum absolute atomic E-state index is 0.0916. The molecule has 0 bridgehead atoms. The number of hydrogen-bond donors (Lipinski definition) is 2. The Balaban J connectivity index is 1.79. The van der Waals surface area contributed by atoms with Gasteiger partial charge in [-0.15, -0.1) is 0 Å². The summed E-state index contributed by atoms with van der Waals surface area (Å²) in [6.45, 7) is 6.80. The van der Waals surface area contributed by atoms with Gasteiger partial charge in [0.2, 0.25) is 0 Å². The van der Waals surface area contributed by atoms with Crippen molar-refractivity contribution in [2.75, 3.05) is 6.61 Å². The molecule has 2 atom stereocenters. The van der Waals surface area contributed by atoms with Crippen molar-refractivity contribution >= 4 is 22.6 Å². The molecule has 1 aromatic heterocycles. The van der Waals surface area contributed by atoms with Crippen LogP contribution >= 0.6 is 11.8 Å². The summed E-state index contributed by atoms with van der Waals surface area (Å²) >= 11 is 1.57. The number of aromatic amines is 1. The average molecular weight is 373 g/mol. The molecular weight excluding hydrogens is 350 g/mol. The number of aromatic nitrogens is 2. The fraction of sp³-hybridized carbons (Fsp3) is 0.474. The van der Waals surface area contributed by atoms with E-state index in [1.54, 1.807) is 23.9 Å². The van der Waals surface area contributed by atoms with Crippen LogP contribution in [0.25, 0.3) is 0 Å². The summed E-state index contributed by atoms with van der Waals surface area (Å²) in [5, 5.41) is 13.4. The third-order valence-corrected chi connectivity index (χ3v) is 6.16. The van der Waals surface area contributed by atoms with Crippen LogP contribution in [-0.4, -0.2) is 32.1 Å². The molecule has 4 rings (SSSR count). The van der Waals surface area contributed by atoms with Crippen molar-refractivity contribution in [1.29, 1.82) is 0 Å². The van der Waals surface area contributed by atoms with Gasteiger partial charge >= 0.3 is 0 Å². The number of benzene rings is 1. The van der Waals surface area contributed by atoms with E-state index in [0.29, 0.717) is 12.2 Å². The molecule has 2 N–H and O–H groups in total. The Kier molecular flexibility index (Phi) is 4.23. The van der Waals surface area contributed by atoms with E-state index in [-0.39, 0.29) is 28.2 Å². The van der Waals surface area contributed by atoms with Gasteiger partial charge in [0.15, 0.2) is 5.82 Å². The van der Waals surface area contributed by atoms with Crippen LogP contribution in [0.2, 0.25) is 0 Å². The number of aromatic hydroxyl groups is 1. The molecular formula is C19H23N3O3S. The first-order chi connectivity index (χ1) is 12.3. The van der Waals surface area contributed by atoms with Crippen LogP contribution in [0.3, 0.4) is 0 Å². The van der Waals surface area contributed by atoms with Crippen LogP contribution in [0, 0.1) is 0 Å². The number of phenols is 1. The SMILES string of the molecule is CC1=Nc2c(c(=O)[nH]n2[C@H]2CCOC(C)(C)C2)[C@@H](c2ccc(O)cc2)S1. The summed E-state index contributed by atoms with van der Waals surface area (Å²) in [5.41, 5.74) is 1.37. The Morgan fingerprint density at radius 3 is 2.77 bits per heavy atom. The number of phenolic OH excluding ortho intramolecular Hbond substituents is 1. The van der Waals surface area contributed by atoms with E-state index in [4.69, 9.17) is 9.73 Å². The molecule has 6 nitrogen and oxygen atoms in total. The van der Waals surface area contributed by atoms with Crippen molar-refractivity contribution in [3.8, 4) is 5.75 Å². The van der Waals surface area contributed by atoms with Crippen molar-refractivity contribution in [3.63, 3.8) is 0 Å². The molecule has 138 valence electrons. The monoisotopic (exact) mass is 373 g/mol. The molecule has 2 aliphatic rings. The lowest BCUT2D eigenvalue weighted by atomic mass is 9.94. The third kappa shape index (κ3) is 3.10. The molecule has 7 heteroatoms. The largest absolute Gasteiger partial charge is 0.508 e. The highest BCUT2D eigenvalue weighted by Gasteiger charge is 2.35. The lowest BCUT2D eigenvalue weighted by Crippen LogP contribution is -2.35. The first-order valence-corrected chi connectivity index (χ1v) is 9.71. The van der Waals surface area contributed by atoms with Crippen LogP contribution in [-0.2, 0) is 4.74 Å². The Bertz CT molecular complexity index is 911. The van der Waals surface area contributed by atoms with E-state index >= 15 is 0 Å². The van der Waals surface area contributed by atoms with E-state index in [9.17, 15) is 9.90 Å². The minimum atomic E-state index is -0.213. The lowest BCUT2D eigenvalue weighted by molar-refractivity contribution is -0.0705. The second-order valence-corrected chi connectivity index (χ2v) is 8.82. The second kappa shape index (κ2) is 6.32. The van der Waals surface area contributed by atoms with Gasteiger partial charge in [0, 0.05) is 6.61 Å². The number of aliphatic imine (C=N–C) groups is 1. The molecule has 0 saturated carbocycles. The van der Waals surface area contributed by atoms with Crippen LogP contribution in [0.15, 0.2) is 34.1 Å². The maximum atomic E-state index is 12.8. The summed E-state index contributed by atoms with van der Waals surface area (Å²) < 4.78 is 7.76. The van der Waals surface area contributed by atoms with E-state index < -0.39 is 0 Å². The van der Waals surface area contributed by atoms with Gasteiger partial charge in [-0.3, -0.25) is 14.6 Å². The van der Waals surface area contributed by atoms with Gasteiger partial charge < -0.3 is 9.84 Å². The number of hydrogen-bond acceptors (Lipinski definition) is 5. The second-order valence-electron chi connectivity index (χ2n) is 7.52. The zero-order chi connectivity index (χ0) is 18.5. The van der Waals surface area contributed by atoms with Gasteiger partial charge in [-0.1, -0.05) is 23.9 Å². The van der Waals surface area contributed by atoms with Gasteiger partial charge in [-0.05, 0) is 51.3 Å². The van der Waals surface area contributed by atoms with E-state index in [1.807, 2.05) is 23.7 Å². The smallest absolute Gasteiger partial charge is 0.271 e. The van der Waals surface area contributed by atoms with Gasteiger partial charge in [-0.25, -0.2) is 4.99 Å². The normalized spacial score (nSPS) is 24.8. The van der Waals surface area contributed by atoms with Crippen molar-refractivity contribution < 1.29 is 9.84 Å². The highest BCUT2D eigenvalue weighted by molar-refractivity contribution is 8.14. The molecule has 2 aromatic rings. The highest BCUT2D eigenvalue weighted by Crippen LogP contribution is 2.45. The maximum Gasteiger partial charge on any atom is 0.271 e. The lowest BCUT2D eigenvalue weighted by Gasteiger charge is -2.36. The van der Waals surface area contributed by atoms with Crippen molar-refractivity contribution in [2.24, 2.45) is 4.99 Å². The molecule has 1 fully saturated rings. The number of nitrogens with zero attached hydrogens (tertiary/aromatic N) is 2. The minimum Gasteiger partial charge on any atom is -0.508 e. The van der Waals surface area contributed by atoms with Crippen LogP contribution in [0.5, 0.6) is 5.75 Å². The zero-order valence-electron chi connectivity index (χ0n) is 15.2. The predicted octanol–water partition coefficient (Wildman–Crippen LogP) is 3.90. The van der Waals surface area contributed by atoms with E-state index in [1.165, 1.54) is 0 Å². The molecule has 2 aliphatic heterocycles. The quantitative estimate of drug-likeness (QED) is 0.837. The fourth-order valence-corrected chi connectivity index (χ4v) is 4.88. The van der Waals surface area contributed by atoms with Gasteiger partial charge in [-0.2, -0.15) is 0 Å². The number of fused-ring (bicyclic) bond motifs is 1. The van der Waals surface area contributed by atoms with E-state index in [0.717, 1.165) is 29.3 Å². The van der Waals surface area contributed by atoms with Crippen molar-refractivity contribution in [1.82, 2.24) is 9.78 Å². The molecule has 1 aromatic carbocycles. The maximum absolute atomic E-state index is 12.8. The first kappa shape index (κ1) is 17.4. The van der Waals surface area contributed by atoms with E-state index in [2.05, 4.69) is 18.9 Å². The summed E-state index contributed by atoms with van der Waals surface area (Å²) in [4.78, 5) is 17.5. The van der Waals surface area contributed by atoms with Gasteiger partial charge in [0.1, 0.15) is 5.75 Å². The molecule has 3 heterocycles. The molecule has 0 aliphatic carbocycles. The molecule has 0 amide bonds. The number of H-pyrrole nitrogens is 1. The standard InChI is InChI=1S/C19H23N3O3S/c1-11-20-17-15(16(26-11)12-4-6-14(23)7-5-12)18(24)21-22(17)13-8-9-25-19(2,3)10-13/h4-7,13,16,23H,8-10H2,1-3H3,(H,21,24)/t13-,16+/m0/s1. The molecule has 0 radical (unpaired) electrons. The predicted molar refractivity (Wildman–Crippen MR) is 104 cm³/mol. The van der Waals surface area contributed by atoms with Gasteiger partial charge in [0.25, 0.3) is 5.56 Å². The average Bonchev–Trinajstić information content (AvgIpc) is 2.91. The number of thioether (sulfide) groups is 1. The van der Waals surface area contributed by atoms with Crippen LogP contribution < -0.4 is 5.56 Å². The number of ether oxygens (including phenoxy) is 1. The Morgan fingerprint density at radius 1 is 1.35 bits per heavy atom. The fourth-order valence-electron chi connectivity index (χ4n) is 3.78. The molecule has 0 spiro atoms. The number of nitrogens with one attached hydrogen (secondary N) is 1. The molecule has 0 unspecified atom stereocenters. The third-order valence-electron chi connectivity index (χ3n) is 4.98. The van der Waals surface area contributed by atoms with Crippen LogP contribution in [0.1, 0.15) is 56.0 Å². The van der Waals surface area contributed by atoms with Crippen molar-refractivity contribution in [2.45, 2.75) is 50.5 Å². The zero-order valence-corrected chi connectivity index (χ0v) is 16.0. The number of rotatable bonds is 2. The summed E-state index contributed by atoms with van der Waals surface area (Å²) in [5.74, 6) is 0.947. The van der Waals surface area contributed by atoms with Crippen molar-refractivity contribution in [3.05, 3.63) is 45.7 Å². The topological polar surface area (TPSA) is 79.6 Å². The molecule has 1 saturated heterocycles. The highest BCUT2D eigenvalue weighted by atomic mass is 32.2. The summed E-state index contributed by atoms with van der Waals surface area (Å²) in [7, 11) is 0. The van der Waals surface area contributed by atoms with Crippen LogP contribution in [0.4, 0.5) is 5.82 Å². The first-order valence-electron chi connectivity index (χ1n) is 8.83.